The second-order valence-electron chi connectivity index (χ2n) is 5.42. The van der Waals surface area contributed by atoms with E-state index in [9.17, 15) is 13.2 Å². The third-order valence-electron chi connectivity index (χ3n) is 3.55. The molecule has 25 heavy (non-hydrogen) atoms. The van der Waals surface area contributed by atoms with Crippen molar-refractivity contribution in [2.24, 2.45) is 0 Å². The van der Waals surface area contributed by atoms with Crippen LogP contribution in [0.2, 0.25) is 5.02 Å². The van der Waals surface area contributed by atoms with E-state index < -0.39 is 15.7 Å². The fourth-order valence-corrected chi connectivity index (χ4v) is 3.27. The highest BCUT2D eigenvalue weighted by atomic mass is 35.5. The first-order valence-corrected chi connectivity index (χ1v) is 9.52. The van der Waals surface area contributed by atoms with Crippen LogP contribution in [0.5, 0.6) is 0 Å². The van der Waals surface area contributed by atoms with Gasteiger partial charge in [0.1, 0.15) is 0 Å². The first-order chi connectivity index (χ1) is 11.8. The fourth-order valence-electron chi connectivity index (χ4n) is 2.29. The molecule has 0 saturated carbocycles. The Morgan fingerprint density at radius 1 is 1.16 bits per heavy atom. The molecule has 8 heteroatoms. The lowest BCUT2D eigenvalue weighted by Crippen LogP contribution is -2.13. The maximum absolute atomic E-state index is 12.4. The summed E-state index contributed by atoms with van der Waals surface area (Å²) in [5, 5.41) is 9.58. The van der Waals surface area contributed by atoms with Gasteiger partial charge < -0.3 is 5.32 Å². The number of hydrogen-bond donors (Lipinski definition) is 2. The van der Waals surface area contributed by atoms with Gasteiger partial charge in [-0.25, -0.2) is 8.42 Å². The van der Waals surface area contributed by atoms with Crippen molar-refractivity contribution >= 4 is 33.0 Å². The number of anilines is 1. The van der Waals surface area contributed by atoms with Crippen molar-refractivity contribution < 1.29 is 13.2 Å². The van der Waals surface area contributed by atoms with E-state index in [0.29, 0.717) is 5.69 Å². The Morgan fingerprint density at radius 3 is 2.60 bits per heavy atom. The standard InChI is InChI=1S/C17H14ClN3O3S/c1-25(23,24)13-5-6-14(15(18)10-13)17(22)20-12-4-2-3-11(9-12)16-7-8-19-21-16/h2-10H,1H3,(H,19,21)(H,20,22). The van der Waals surface area contributed by atoms with Crippen LogP contribution in [-0.2, 0) is 9.84 Å². The van der Waals surface area contributed by atoms with Crippen molar-refractivity contribution in [1.82, 2.24) is 10.2 Å². The number of benzene rings is 2. The van der Waals surface area contributed by atoms with Crippen LogP contribution in [0.1, 0.15) is 10.4 Å². The molecule has 128 valence electrons. The van der Waals surface area contributed by atoms with E-state index in [1.54, 1.807) is 24.4 Å². The van der Waals surface area contributed by atoms with Crippen LogP contribution >= 0.6 is 11.6 Å². The molecular formula is C17H14ClN3O3S. The zero-order valence-corrected chi connectivity index (χ0v) is 14.7. The van der Waals surface area contributed by atoms with E-state index in [1.807, 2.05) is 12.1 Å². The van der Waals surface area contributed by atoms with E-state index in [-0.39, 0.29) is 15.5 Å². The molecule has 6 nitrogen and oxygen atoms in total. The maximum Gasteiger partial charge on any atom is 0.257 e. The van der Waals surface area contributed by atoms with E-state index in [4.69, 9.17) is 11.6 Å². The minimum Gasteiger partial charge on any atom is -0.322 e. The molecule has 1 amide bonds. The van der Waals surface area contributed by atoms with E-state index >= 15 is 0 Å². The first kappa shape index (κ1) is 17.2. The number of aromatic nitrogens is 2. The molecule has 3 rings (SSSR count). The summed E-state index contributed by atoms with van der Waals surface area (Å²) in [7, 11) is -3.38. The van der Waals surface area contributed by atoms with Crippen LogP contribution in [0, 0.1) is 0 Å². The van der Waals surface area contributed by atoms with E-state index in [2.05, 4.69) is 15.5 Å². The summed E-state index contributed by atoms with van der Waals surface area (Å²) in [5.41, 5.74) is 2.47. The van der Waals surface area contributed by atoms with Crippen LogP contribution in [0.25, 0.3) is 11.3 Å². The SMILES string of the molecule is CS(=O)(=O)c1ccc(C(=O)Nc2cccc(-c3ccn[nH]3)c2)c(Cl)c1. The predicted octanol–water partition coefficient (Wildman–Crippen LogP) is 3.39. The third-order valence-corrected chi connectivity index (χ3v) is 4.97. The number of carbonyl (C=O) groups is 1. The van der Waals surface area contributed by atoms with Crippen molar-refractivity contribution in [1.29, 1.82) is 0 Å². The number of rotatable bonds is 4. The highest BCUT2D eigenvalue weighted by Gasteiger charge is 2.15. The zero-order chi connectivity index (χ0) is 18.0. The van der Waals surface area contributed by atoms with Gasteiger partial charge in [0.2, 0.25) is 0 Å². The Morgan fingerprint density at radius 2 is 1.96 bits per heavy atom. The van der Waals surface area contributed by atoms with Crippen LogP contribution in [0.3, 0.4) is 0 Å². The Hall–Kier alpha value is -2.64. The fraction of sp³-hybridized carbons (Fsp3) is 0.0588. The second kappa shape index (κ2) is 6.70. The highest BCUT2D eigenvalue weighted by molar-refractivity contribution is 7.90. The summed E-state index contributed by atoms with van der Waals surface area (Å²) < 4.78 is 23.1. The number of halogens is 1. The molecule has 0 fully saturated rings. The molecule has 2 aromatic carbocycles. The molecule has 0 saturated heterocycles. The highest BCUT2D eigenvalue weighted by Crippen LogP contribution is 2.24. The number of H-pyrrole nitrogens is 1. The lowest BCUT2D eigenvalue weighted by atomic mass is 10.1. The number of amides is 1. The second-order valence-corrected chi connectivity index (χ2v) is 7.84. The topological polar surface area (TPSA) is 91.9 Å². The third kappa shape index (κ3) is 3.89. The quantitative estimate of drug-likeness (QED) is 0.731. The van der Waals surface area contributed by atoms with Crippen molar-refractivity contribution in [3.63, 3.8) is 0 Å². The van der Waals surface area contributed by atoms with Crippen LogP contribution in [0.15, 0.2) is 59.6 Å². The van der Waals surface area contributed by atoms with Crippen molar-refractivity contribution in [3.8, 4) is 11.3 Å². The van der Waals surface area contributed by atoms with Gasteiger partial charge in [-0.2, -0.15) is 5.10 Å². The number of nitrogens with zero attached hydrogens (tertiary/aromatic N) is 1. The van der Waals surface area contributed by atoms with Gasteiger partial charge in [-0.05, 0) is 36.4 Å². The summed E-state index contributed by atoms with van der Waals surface area (Å²) in [5.74, 6) is -0.424. The van der Waals surface area contributed by atoms with Gasteiger partial charge in [0.25, 0.3) is 5.91 Å². The van der Waals surface area contributed by atoms with Gasteiger partial charge in [-0.15, -0.1) is 0 Å². The van der Waals surface area contributed by atoms with Crippen molar-refractivity contribution in [2.45, 2.75) is 4.90 Å². The molecule has 0 aliphatic carbocycles. The predicted molar refractivity (Wildman–Crippen MR) is 96.5 cm³/mol. The maximum atomic E-state index is 12.4. The molecule has 0 radical (unpaired) electrons. The van der Waals surface area contributed by atoms with Gasteiger partial charge in [0.15, 0.2) is 9.84 Å². The first-order valence-electron chi connectivity index (χ1n) is 7.25. The van der Waals surface area contributed by atoms with Crippen LogP contribution in [-0.4, -0.2) is 30.8 Å². The lowest BCUT2D eigenvalue weighted by Gasteiger charge is -2.09. The van der Waals surface area contributed by atoms with Gasteiger partial charge in [0.05, 0.1) is 21.2 Å². The van der Waals surface area contributed by atoms with Gasteiger partial charge in [0, 0.05) is 23.7 Å². The van der Waals surface area contributed by atoms with Crippen molar-refractivity contribution in [2.75, 3.05) is 11.6 Å². The molecule has 0 aliphatic rings. The summed E-state index contributed by atoms with van der Waals surface area (Å²) >= 11 is 6.07. The van der Waals surface area contributed by atoms with Gasteiger partial charge in [-0.3, -0.25) is 9.89 Å². The van der Waals surface area contributed by atoms with Crippen molar-refractivity contribution in [3.05, 3.63) is 65.3 Å². The smallest absolute Gasteiger partial charge is 0.257 e. The molecule has 0 unspecified atom stereocenters. The molecule has 0 bridgehead atoms. The van der Waals surface area contributed by atoms with Gasteiger partial charge in [-0.1, -0.05) is 23.7 Å². The normalized spacial score (nSPS) is 11.3. The number of aromatic amines is 1. The minimum atomic E-state index is -3.38. The molecule has 0 spiro atoms. The average molecular weight is 376 g/mol. The zero-order valence-electron chi connectivity index (χ0n) is 13.2. The van der Waals surface area contributed by atoms with E-state index in [0.717, 1.165) is 17.5 Å². The molecule has 1 aromatic heterocycles. The number of hydrogen-bond acceptors (Lipinski definition) is 4. The Bertz CT molecular complexity index is 1030. The summed E-state index contributed by atoms with van der Waals surface area (Å²) in [6, 6.07) is 13.1. The average Bonchev–Trinajstić information content (AvgIpc) is 3.08. The number of nitrogens with one attached hydrogen (secondary N) is 2. The lowest BCUT2D eigenvalue weighted by molar-refractivity contribution is 0.102. The summed E-state index contributed by atoms with van der Waals surface area (Å²) in [6.45, 7) is 0. The molecule has 3 aromatic rings. The molecule has 0 aliphatic heterocycles. The minimum absolute atomic E-state index is 0.0651. The number of carbonyl (C=O) groups excluding carboxylic acids is 1. The Balaban J connectivity index is 1.85. The van der Waals surface area contributed by atoms with Crippen LogP contribution < -0.4 is 5.32 Å². The molecular weight excluding hydrogens is 362 g/mol. The molecule has 1 heterocycles. The summed E-state index contributed by atoms with van der Waals surface area (Å²) in [6.07, 6.45) is 2.73. The Labute approximate surface area is 149 Å². The number of sulfone groups is 1. The van der Waals surface area contributed by atoms with Gasteiger partial charge >= 0.3 is 0 Å². The summed E-state index contributed by atoms with van der Waals surface area (Å²) in [4.78, 5) is 12.5. The molecule has 2 N–H and O–H groups in total. The largest absolute Gasteiger partial charge is 0.322 e. The van der Waals surface area contributed by atoms with Crippen LogP contribution in [0.4, 0.5) is 5.69 Å². The van der Waals surface area contributed by atoms with E-state index in [1.165, 1.54) is 18.2 Å². The Kier molecular flexibility index (Phi) is 4.61. The molecule has 0 atom stereocenters. The monoisotopic (exact) mass is 375 g/mol.